The van der Waals surface area contributed by atoms with Crippen molar-refractivity contribution in [3.05, 3.63) is 17.2 Å². The minimum absolute atomic E-state index is 0.0114. The van der Waals surface area contributed by atoms with Crippen LogP contribution in [-0.4, -0.2) is 140 Å². The topological polar surface area (TPSA) is 180 Å². The number of aliphatic hydroxyl groups is 1. The van der Waals surface area contributed by atoms with E-state index in [4.69, 9.17) is 0 Å². The number of benzene rings is 1. The van der Waals surface area contributed by atoms with Gasteiger partial charge in [0, 0.05) is 25.7 Å². The lowest BCUT2D eigenvalue weighted by Gasteiger charge is -2.52. The van der Waals surface area contributed by atoms with Gasteiger partial charge in [0.2, 0.25) is 11.8 Å². The molecule has 1 aromatic rings. The summed E-state index contributed by atoms with van der Waals surface area (Å²) in [6.07, 6.45) is 2.05. The van der Waals surface area contributed by atoms with E-state index < -0.39 is 76.0 Å². The van der Waals surface area contributed by atoms with E-state index in [2.05, 4.69) is 10.6 Å². The third-order valence-corrected chi connectivity index (χ3v) is 9.91. The number of carbonyl (C=O) groups is 6. The van der Waals surface area contributed by atoms with Crippen LogP contribution >= 0.6 is 0 Å². The molecule has 3 fully saturated rings. The molecule has 14 heteroatoms. The summed E-state index contributed by atoms with van der Waals surface area (Å²) in [7, 11) is 10.1. The fraction of sp³-hybridized carbons (Fsp3) is 0.625. The Kier molecular flexibility index (Phi) is 9.12. The number of nitrogens with zero attached hydrogens (tertiary/aromatic N) is 4. The number of likely N-dealkylation sites (tertiary alicyclic amines) is 1. The Balaban J connectivity index is 1.54. The van der Waals surface area contributed by atoms with Gasteiger partial charge in [0.25, 0.3) is 0 Å². The lowest BCUT2D eigenvalue weighted by Crippen LogP contribution is -2.74. The lowest BCUT2D eigenvalue weighted by molar-refractivity contribution is -0.181. The van der Waals surface area contributed by atoms with Gasteiger partial charge in [0.15, 0.2) is 34.7 Å². The van der Waals surface area contributed by atoms with Crippen LogP contribution in [0.15, 0.2) is 6.07 Å². The van der Waals surface area contributed by atoms with E-state index in [1.54, 1.807) is 58.2 Å². The zero-order chi connectivity index (χ0) is 33.8. The molecule has 250 valence electrons. The van der Waals surface area contributed by atoms with E-state index in [0.29, 0.717) is 11.3 Å². The molecule has 46 heavy (non-hydrogen) atoms. The van der Waals surface area contributed by atoms with Gasteiger partial charge in [-0.25, -0.2) is 0 Å². The zero-order valence-corrected chi connectivity index (χ0v) is 27.3. The van der Waals surface area contributed by atoms with Crippen molar-refractivity contribution >= 4 is 46.3 Å². The molecule has 4 aliphatic rings. The van der Waals surface area contributed by atoms with E-state index in [-0.39, 0.29) is 37.3 Å². The van der Waals surface area contributed by atoms with Gasteiger partial charge in [0.05, 0.1) is 36.4 Å². The maximum absolute atomic E-state index is 14.3. The molecular formula is C32H44N6O8. The Morgan fingerprint density at radius 2 is 1.67 bits per heavy atom. The fourth-order valence-corrected chi connectivity index (χ4v) is 7.83. The molecule has 3 aliphatic carbocycles. The second kappa shape index (κ2) is 12.5. The molecule has 2 amide bonds. The molecule has 4 N–H and O–H groups in total. The summed E-state index contributed by atoms with van der Waals surface area (Å²) in [5.41, 5.74) is -1.94. The summed E-state index contributed by atoms with van der Waals surface area (Å²) in [5.74, 6) is -10.9. The van der Waals surface area contributed by atoms with Crippen molar-refractivity contribution in [2.75, 3.05) is 78.8 Å². The van der Waals surface area contributed by atoms with Crippen LogP contribution in [0.4, 0.5) is 11.4 Å². The van der Waals surface area contributed by atoms with Crippen LogP contribution in [0.2, 0.25) is 0 Å². The van der Waals surface area contributed by atoms with Gasteiger partial charge in [-0.3, -0.25) is 38.6 Å². The number of nitrogens with one attached hydrogen (secondary N) is 2. The molecule has 0 radical (unpaired) electrons. The highest BCUT2D eigenvalue weighted by molar-refractivity contribution is 6.32. The number of rotatable bonds is 8. The maximum Gasteiger partial charge on any atom is 0.239 e. The van der Waals surface area contributed by atoms with Crippen LogP contribution in [0.25, 0.3) is 0 Å². The van der Waals surface area contributed by atoms with Crippen LogP contribution in [0.5, 0.6) is 5.75 Å². The van der Waals surface area contributed by atoms with Gasteiger partial charge in [-0.05, 0) is 84.5 Å². The molecule has 0 bridgehead atoms. The van der Waals surface area contributed by atoms with Gasteiger partial charge in [-0.15, -0.1) is 0 Å². The lowest BCUT2D eigenvalue weighted by atomic mass is 9.52. The molecule has 0 spiro atoms. The molecule has 1 saturated heterocycles. The van der Waals surface area contributed by atoms with Gasteiger partial charge >= 0.3 is 0 Å². The first-order valence-electron chi connectivity index (χ1n) is 15.7. The molecule has 1 aromatic carbocycles. The van der Waals surface area contributed by atoms with Crippen molar-refractivity contribution in [2.45, 2.75) is 37.3 Å². The molecule has 4 unspecified atom stereocenters. The summed E-state index contributed by atoms with van der Waals surface area (Å²) in [4.78, 5) is 89.2. The fourth-order valence-electron chi connectivity index (χ4n) is 7.83. The van der Waals surface area contributed by atoms with Crippen molar-refractivity contribution in [3.8, 4) is 5.75 Å². The minimum atomic E-state index is -2.77. The van der Waals surface area contributed by atoms with E-state index in [9.17, 15) is 39.0 Å². The quantitative estimate of drug-likeness (QED) is 0.204. The minimum Gasteiger partial charge on any atom is -0.505 e. The van der Waals surface area contributed by atoms with Crippen LogP contribution < -0.4 is 15.5 Å². The molecule has 2 saturated carbocycles. The first-order valence-corrected chi connectivity index (χ1v) is 15.7. The number of phenols is 1. The molecule has 6 atom stereocenters. The predicted octanol–water partition coefficient (Wildman–Crippen LogP) is -0.883. The number of hydrogen-bond acceptors (Lipinski definition) is 12. The van der Waals surface area contributed by atoms with Gasteiger partial charge in [0.1, 0.15) is 5.75 Å². The molecule has 5 rings (SSSR count). The normalized spacial score (nSPS) is 29.5. The Morgan fingerprint density at radius 1 is 1.02 bits per heavy atom. The number of carbonyl (C=O) groups excluding carboxylic acids is 6. The number of amides is 2. The third-order valence-electron chi connectivity index (χ3n) is 9.91. The van der Waals surface area contributed by atoms with E-state index >= 15 is 0 Å². The Bertz CT molecular complexity index is 1480. The van der Waals surface area contributed by atoms with Crippen molar-refractivity contribution < 1.29 is 39.0 Å². The summed E-state index contributed by atoms with van der Waals surface area (Å²) in [6, 6.07) is 0.431. The number of Topliss-reactive ketones (excluding diaryl/α,β-unsaturated/α-hetero) is 4. The standard InChI is InChI=1S/C32H44N6O8/c1-35(2)14-21(39)34-19-13-20(36(3)4)17-11-16-12-18-25(37(5)6)28(42)24(31(45)33-15-38-9-7-8-10-38)30(44)32(18,46)29(43)22(16)27(41)23(17)26(19)40/h13,16,18,22,24-25,40,46H,7-12,14-15H2,1-6H3,(H,33,45)(H,34,39)/t16?,18?,22?,24?,25-,32-/m0/s1. The number of hydrogen-bond donors (Lipinski definition) is 4. The average Bonchev–Trinajstić information content (AvgIpc) is 3.48. The Labute approximate surface area is 268 Å². The molecule has 0 aromatic heterocycles. The maximum atomic E-state index is 14.3. The molecule has 1 heterocycles. The number of aromatic hydroxyl groups is 1. The number of anilines is 2. The van der Waals surface area contributed by atoms with Crippen LogP contribution in [0.1, 0.15) is 35.2 Å². The second-order valence-electron chi connectivity index (χ2n) is 13.7. The number of fused-ring (bicyclic) bond motifs is 3. The highest BCUT2D eigenvalue weighted by Gasteiger charge is 2.69. The van der Waals surface area contributed by atoms with Crippen LogP contribution in [0.3, 0.4) is 0 Å². The largest absolute Gasteiger partial charge is 0.505 e. The first-order chi connectivity index (χ1) is 21.6. The highest BCUT2D eigenvalue weighted by Crippen LogP contribution is 2.52. The average molecular weight is 641 g/mol. The van der Waals surface area contributed by atoms with Crippen LogP contribution in [-0.2, 0) is 30.4 Å². The number of phenolic OH excluding ortho intramolecular Hbond substituents is 1. The summed E-state index contributed by atoms with van der Waals surface area (Å²) < 4.78 is 0. The number of likely N-dealkylation sites (N-methyl/N-ethyl adjacent to an activating group) is 2. The third kappa shape index (κ3) is 5.50. The van der Waals surface area contributed by atoms with E-state index in [1.165, 1.54) is 4.90 Å². The SMILES string of the molecule is CN(C)CC(=O)Nc1cc(N(C)C)c2c(c1O)C(=O)C1C(=O)[C@]3(O)C(=O)C(C(=O)NCN4CCCC4)C(=O)[C@@H](N(C)C)C3CC1C2. The first kappa shape index (κ1) is 33.6. The Hall–Kier alpha value is -3.72. The molecular weight excluding hydrogens is 596 g/mol. The highest BCUT2D eigenvalue weighted by atomic mass is 16.3. The van der Waals surface area contributed by atoms with E-state index in [0.717, 1.165) is 25.9 Å². The summed E-state index contributed by atoms with van der Waals surface area (Å²) in [6.45, 7) is 1.65. The Morgan fingerprint density at radius 3 is 2.26 bits per heavy atom. The second-order valence-corrected chi connectivity index (χ2v) is 13.7. The predicted molar refractivity (Wildman–Crippen MR) is 167 cm³/mol. The van der Waals surface area contributed by atoms with Crippen molar-refractivity contribution in [1.29, 1.82) is 0 Å². The smallest absolute Gasteiger partial charge is 0.239 e. The van der Waals surface area contributed by atoms with Gasteiger partial charge in [-0.1, -0.05) is 0 Å². The van der Waals surface area contributed by atoms with Gasteiger partial charge in [-0.2, -0.15) is 0 Å². The summed E-state index contributed by atoms with van der Waals surface area (Å²) >= 11 is 0. The van der Waals surface area contributed by atoms with Crippen LogP contribution in [0, 0.1) is 23.7 Å². The van der Waals surface area contributed by atoms with Gasteiger partial charge < -0.3 is 30.6 Å². The molecule has 1 aliphatic heterocycles. The zero-order valence-electron chi connectivity index (χ0n) is 27.3. The summed E-state index contributed by atoms with van der Waals surface area (Å²) in [5, 5.41) is 28.7. The van der Waals surface area contributed by atoms with Crippen molar-refractivity contribution in [3.63, 3.8) is 0 Å². The molecule has 14 nitrogen and oxygen atoms in total. The van der Waals surface area contributed by atoms with Crippen molar-refractivity contribution in [1.82, 2.24) is 20.0 Å². The van der Waals surface area contributed by atoms with E-state index in [1.807, 2.05) is 4.90 Å². The monoisotopic (exact) mass is 640 g/mol. The number of ketones is 4. The van der Waals surface area contributed by atoms with Crippen molar-refractivity contribution in [2.24, 2.45) is 23.7 Å².